The fourth-order valence-electron chi connectivity index (χ4n) is 2.75. The summed E-state index contributed by atoms with van der Waals surface area (Å²) in [6, 6.07) is 11.9. The minimum absolute atomic E-state index is 0.125. The Bertz CT molecular complexity index is 939. The largest absolute Gasteiger partial charge is 0.497 e. The number of amides is 2. The summed E-state index contributed by atoms with van der Waals surface area (Å²) in [6.07, 6.45) is 0. The lowest BCUT2D eigenvalue weighted by Crippen LogP contribution is -2.31. The van der Waals surface area contributed by atoms with Crippen LogP contribution in [0.2, 0.25) is 10.0 Å². The van der Waals surface area contributed by atoms with Gasteiger partial charge in [-0.25, -0.2) is 4.90 Å². The molecule has 1 heterocycles. The molecule has 0 atom stereocenters. The zero-order valence-corrected chi connectivity index (χ0v) is 17.3. The molecule has 0 saturated heterocycles. The van der Waals surface area contributed by atoms with E-state index in [-0.39, 0.29) is 21.0 Å². The first-order valence-electron chi connectivity index (χ1n) is 8.23. The fraction of sp³-hybridized carbons (Fsp3) is 0.200. The maximum absolute atomic E-state index is 13.2. The second-order valence-corrected chi connectivity index (χ2v) is 8.49. The van der Waals surface area contributed by atoms with Crippen molar-refractivity contribution in [1.29, 1.82) is 0 Å². The molecule has 0 saturated carbocycles. The van der Waals surface area contributed by atoms with Crippen molar-refractivity contribution in [2.45, 2.75) is 19.1 Å². The van der Waals surface area contributed by atoms with Crippen molar-refractivity contribution in [1.82, 2.24) is 0 Å². The van der Waals surface area contributed by atoms with Crippen LogP contribution in [0.3, 0.4) is 0 Å². The molecule has 2 amide bonds. The van der Waals surface area contributed by atoms with Gasteiger partial charge in [-0.15, -0.1) is 11.8 Å². The molecule has 2 aromatic rings. The van der Waals surface area contributed by atoms with Crippen molar-refractivity contribution in [3.05, 3.63) is 63.0 Å². The average Bonchev–Trinajstić information content (AvgIpc) is 2.87. The summed E-state index contributed by atoms with van der Waals surface area (Å²) in [5.41, 5.74) is 1.29. The van der Waals surface area contributed by atoms with Gasteiger partial charge >= 0.3 is 0 Å². The lowest BCUT2D eigenvalue weighted by atomic mass is 10.1. The van der Waals surface area contributed by atoms with Crippen LogP contribution in [0.5, 0.6) is 5.75 Å². The number of anilines is 1. The van der Waals surface area contributed by atoms with Crippen LogP contribution >= 0.6 is 35.0 Å². The number of rotatable bonds is 5. The smallest absolute Gasteiger partial charge is 0.272 e. The van der Waals surface area contributed by atoms with Crippen molar-refractivity contribution in [3.8, 4) is 5.75 Å². The number of hydrogen-bond acceptors (Lipinski definition) is 4. The number of carbonyl (C=O) groups excluding carboxylic acids is 2. The van der Waals surface area contributed by atoms with E-state index in [4.69, 9.17) is 27.9 Å². The summed E-state index contributed by atoms with van der Waals surface area (Å²) < 4.78 is 5.17. The zero-order valence-electron chi connectivity index (χ0n) is 15.0. The van der Waals surface area contributed by atoms with E-state index in [1.54, 1.807) is 49.6 Å². The maximum atomic E-state index is 13.2. The van der Waals surface area contributed by atoms with Crippen LogP contribution < -0.4 is 9.64 Å². The monoisotopic (exact) mass is 421 g/mol. The van der Waals surface area contributed by atoms with Crippen LogP contribution in [0.15, 0.2) is 47.4 Å². The Labute approximate surface area is 172 Å². The van der Waals surface area contributed by atoms with Crippen LogP contribution in [0.25, 0.3) is 5.57 Å². The zero-order chi connectivity index (χ0) is 19.7. The van der Waals surface area contributed by atoms with Crippen molar-refractivity contribution >= 4 is 58.0 Å². The number of benzene rings is 2. The molecular weight excluding hydrogens is 405 g/mol. The molecule has 1 aliphatic rings. The number of imide groups is 1. The Hall–Kier alpha value is -1.95. The highest BCUT2D eigenvalue weighted by Crippen LogP contribution is 2.43. The molecule has 0 unspecified atom stereocenters. The molecule has 0 bridgehead atoms. The van der Waals surface area contributed by atoms with Gasteiger partial charge in [-0.1, -0.05) is 55.2 Å². The molecule has 0 aromatic heterocycles. The standard InChI is InChI=1S/C20H17Cl2NO3S/c1-11(2)27-18-16(12-7-9-13(26-3)10-8-12)19(24)23(20(18)25)15-6-4-5-14(21)17(15)22/h4-11H,1-3H3. The lowest BCUT2D eigenvalue weighted by molar-refractivity contribution is -0.119. The Morgan fingerprint density at radius 1 is 1.00 bits per heavy atom. The first kappa shape index (κ1) is 19.8. The number of carbonyl (C=O) groups is 2. The Balaban J connectivity index is 2.12. The van der Waals surface area contributed by atoms with Gasteiger partial charge in [0.05, 0.1) is 33.3 Å². The molecule has 0 radical (unpaired) electrons. The summed E-state index contributed by atoms with van der Waals surface area (Å²) in [7, 11) is 1.57. The normalized spacial score (nSPS) is 14.5. The highest BCUT2D eigenvalue weighted by atomic mass is 35.5. The van der Waals surface area contributed by atoms with Crippen LogP contribution in [-0.2, 0) is 9.59 Å². The summed E-state index contributed by atoms with van der Waals surface area (Å²) >= 11 is 13.7. The van der Waals surface area contributed by atoms with Gasteiger partial charge in [0.1, 0.15) is 5.75 Å². The predicted molar refractivity (Wildman–Crippen MR) is 112 cm³/mol. The Morgan fingerprint density at radius 3 is 2.26 bits per heavy atom. The van der Waals surface area contributed by atoms with E-state index in [1.165, 1.54) is 11.8 Å². The first-order valence-corrected chi connectivity index (χ1v) is 9.86. The third-order valence-electron chi connectivity index (χ3n) is 3.95. The van der Waals surface area contributed by atoms with Gasteiger partial charge in [0, 0.05) is 5.25 Å². The maximum Gasteiger partial charge on any atom is 0.272 e. The van der Waals surface area contributed by atoms with E-state index in [9.17, 15) is 9.59 Å². The first-order chi connectivity index (χ1) is 12.8. The topological polar surface area (TPSA) is 46.6 Å². The molecule has 0 spiro atoms. The van der Waals surface area contributed by atoms with Crippen molar-refractivity contribution in [2.24, 2.45) is 0 Å². The average molecular weight is 422 g/mol. The van der Waals surface area contributed by atoms with Gasteiger partial charge in [-0.2, -0.15) is 0 Å². The summed E-state index contributed by atoms with van der Waals surface area (Å²) in [4.78, 5) is 27.8. The van der Waals surface area contributed by atoms with Gasteiger partial charge in [-0.05, 0) is 29.8 Å². The Kier molecular flexibility index (Phi) is 5.84. The van der Waals surface area contributed by atoms with Crippen LogP contribution in [0, 0.1) is 0 Å². The van der Waals surface area contributed by atoms with Gasteiger partial charge in [-0.3, -0.25) is 9.59 Å². The third-order valence-corrected chi connectivity index (χ3v) is 5.84. The Morgan fingerprint density at radius 2 is 1.67 bits per heavy atom. The van der Waals surface area contributed by atoms with Gasteiger partial charge in [0.25, 0.3) is 11.8 Å². The summed E-state index contributed by atoms with van der Waals surface area (Å²) in [5.74, 6) is -0.143. The molecule has 7 heteroatoms. The van der Waals surface area contributed by atoms with E-state index in [0.29, 0.717) is 21.8 Å². The molecule has 140 valence electrons. The van der Waals surface area contributed by atoms with Gasteiger partial charge in [0.2, 0.25) is 0 Å². The van der Waals surface area contributed by atoms with Crippen LogP contribution in [-0.4, -0.2) is 24.2 Å². The van der Waals surface area contributed by atoms with Gasteiger partial charge in [0.15, 0.2) is 0 Å². The van der Waals surface area contributed by atoms with Crippen LogP contribution in [0.1, 0.15) is 19.4 Å². The second-order valence-electron chi connectivity index (χ2n) is 6.12. The van der Waals surface area contributed by atoms with E-state index in [1.807, 2.05) is 13.8 Å². The highest BCUT2D eigenvalue weighted by molar-refractivity contribution is 8.04. The molecule has 2 aromatic carbocycles. The minimum atomic E-state index is -0.419. The van der Waals surface area contributed by atoms with E-state index in [2.05, 4.69) is 0 Å². The van der Waals surface area contributed by atoms with Gasteiger partial charge < -0.3 is 4.74 Å². The number of methoxy groups -OCH3 is 1. The number of hydrogen-bond donors (Lipinski definition) is 0. The highest BCUT2D eigenvalue weighted by Gasteiger charge is 2.41. The molecule has 4 nitrogen and oxygen atoms in total. The third kappa shape index (κ3) is 3.72. The summed E-state index contributed by atoms with van der Waals surface area (Å²) in [5, 5.41) is 0.580. The van der Waals surface area contributed by atoms with Crippen molar-refractivity contribution in [2.75, 3.05) is 12.0 Å². The number of nitrogens with zero attached hydrogens (tertiary/aromatic N) is 1. The number of ether oxygens (including phenoxy) is 1. The van der Waals surface area contributed by atoms with Crippen molar-refractivity contribution in [3.63, 3.8) is 0 Å². The van der Waals surface area contributed by atoms with E-state index >= 15 is 0 Å². The predicted octanol–water partition coefficient (Wildman–Crippen LogP) is 5.43. The number of thioether (sulfide) groups is 1. The molecular formula is C20H17Cl2NO3S. The van der Waals surface area contributed by atoms with E-state index in [0.717, 1.165) is 4.90 Å². The van der Waals surface area contributed by atoms with Crippen LogP contribution in [0.4, 0.5) is 5.69 Å². The second kappa shape index (κ2) is 7.97. The SMILES string of the molecule is COc1ccc(C2=C(SC(C)C)C(=O)N(c3cccc(Cl)c3Cl)C2=O)cc1. The molecule has 0 fully saturated rings. The lowest BCUT2D eigenvalue weighted by Gasteiger charge is -2.17. The molecule has 3 rings (SSSR count). The van der Waals surface area contributed by atoms with E-state index < -0.39 is 11.8 Å². The molecule has 0 aliphatic carbocycles. The molecule has 27 heavy (non-hydrogen) atoms. The summed E-state index contributed by atoms with van der Waals surface area (Å²) in [6.45, 7) is 3.94. The van der Waals surface area contributed by atoms with Crippen molar-refractivity contribution < 1.29 is 14.3 Å². The molecule has 1 aliphatic heterocycles. The minimum Gasteiger partial charge on any atom is -0.497 e. The number of halogens is 2. The fourth-order valence-corrected chi connectivity index (χ4v) is 4.12. The molecule has 0 N–H and O–H groups in total. The quantitative estimate of drug-likeness (QED) is 0.603.